The zero-order valence-corrected chi connectivity index (χ0v) is 116. The molecule has 14 heterocycles. The van der Waals surface area contributed by atoms with Crippen molar-refractivity contribution in [2.75, 3.05) is 92.5 Å². The van der Waals surface area contributed by atoms with Crippen LogP contribution in [0.4, 0.5) is 0 Å². The topological polar surface area (TPSA) is 371 Å². The fourth-order valence-electron chi connectivity index (χ4n) is 27.0. The SMILES string of the molecule is O=C1CC(CCC[SiH3])CO1.O=C1CC(CC[SiH3])CO1.O=C1CC(C[SiH3])CO1.O=C1CC2(CO1)CC1CC(OCCC[SiH3])C2C1.O=C1CC2(CO1)CC1CC2CC1OCCC[SiH3].O=C1CCC(CCC[SiH3])O1.O=C1CCC(CC[SiH3])O1.O=C1OC2C(OCCC[SiH3])C3CC1C2O3.O=C1OCC2C3CC(CC3OCCC[SiH3])C12.O=C1OCCC12CC1CC2CC1OCCC[SiH3].O=C1OCCC1CCC[SiH3].O=C1OCCC1CC[SiH3]. The van der Waals surface area contributed by atoms with Crippen molar-refractivity contribution < 1.29 is 143 Å². The summed E-state index contributed by atoms with van der Waals surface area (Å²) in [4.78, 5) is 132. The maximum absolute atomic E-state index is 11.9. The predicted octanol–water partition coefficient (Wildman–Crippen LogP) is 1.49. The first-order valence-corrected chi connectivity index (χ1v) is 75.9. The average molecular weight is 2270 g/mol. The molecule has 10 bridgehead atoms. The molecule has 0 aromatic heterocycles. The maximum atomic E-state index is 11.9. The number of hydrogen-bond donors (Lipinski definition) is 0. The van der Waals surface area contributed by atoms with Crippen molar-refractivity contribution in [2.45, 2.75) is 378 Å². The molecule has 0 aromatic carbocycles. The lowest BCUT2D eigenvalue weighted by Gasteiger charge is -2.36. The standard InChI is InChI=1S/3C13H22O3Si.C12H20O3Si.C10H16O4Si.3C7H14O2Si.3C6H12O2Si.C5H10O2Si/c14-12-13(2-4-16-12)8-9-6-10(13)7-11(9)15-3-1-5-17;14-12-7-13(8-16-12)6-9-4-10(13)5-11(9)15-2-1-3-17;14-12-7-13(8-16-12)6-9-4-10(13)11(5-9)15-2-1-3-17;13-12-11-7-4-8(9(11)6-15-12)10(5-7)14-2-1-3-16;11-10-5-4-6-8(12-2-1-3-15)9(14-10)7(5)13-6;8-7-6(2-1-5-10)3-4-9-7;8-7-4-3-6(9-7)2-1-5-10;8-7-4-6(5-9-7)2-1-3-10;7-6-5(2-4-9)1-3-8-6;7-6-3-5(1-2-9)4-8-6;7-6-2-1-5(8-6)3-4-9;6-5-1-4(3-8)2-7-5/h3*9-11H,1-8H2,17H3;7-11H,1-6H2,16H3;5-9H,1-4H2,15H3;3*6H,1-5H2,10H3;3*5H,1-4H2,9H3;4H,1-3H2,8H3. The molecular weight excluding hydrogens is 2080 g/mol. The number of carbonyl (C=O) groups excluding carboxylic acids is 12. The minimum atomic E-state index is -0.115. The molecule has 29 unspecified atom stereocenters. The third kappa shape index (κ3) is 36.0. The smallest absolute Gasteiger partial charge is 0.312 e. The van der Waals surface area contributed by atoms with Crippen LogP contribution in [-0.4, -0.2) is 348 Å². The van der Waals surface area contributed by atoms with Crippen LogP contribution in [-0.2, 0) is 143 Å². The Morgan fingerprint density at radius 1 is 0.333 bits per heavy atom. The van der Waals surface area contributed by atoms with Crippen LogP contribution in [0, 0.1) is 111 Å². The molecule has 147 heavy (non-hydrogen) atoms. The maximum Gasteiger partial charge on any atom is 0.312 e. The zero-order chi connectivity index (χ0) is 105. The molecule has 22 aliphatic rings. The highest BCUT2D eigenvalue weighted by molar-refractivity contribution is 6.11. The predicted molar refractivity (Wildman–Crippen MR) is 601 cm³/mol. The number of rotatable bonds is 36. The third-order valence-corrected chi connectivity index (χ3v) is 43.9. The second-order valence-corrected chi connectivity index (χ2v) is 58.1. The third-order valence-electron chi connectivity index (χ3n) is 35.3. The van der Waals surface area contributed by atoms with Crippen LogP contribution < -0.4 is 0 Å². The van der Waals surface area contributed by atoms with Crippen molar-refractivity contribution in [3.63, 3.8) is 0 Å². The van der Waals surface area contributed by atoms with Crippen LogP contribution >= 0.6 is 0 Å². The summed E-state index contributed by atoms with van der Waals surface area (Å²) in [5, 5.41) is 0. The molecule has 838 valence electrons. The highest BCUT2D eigenvalue weighted by Crippen LogP contribution is 2.64. The highest BCUT2D eigenvalue weighted by atomic mass is 28.2. The molecule has 42 heteroatoms. The minimum Gasteiger partial charge on any atom is -0.465 e. The van der Waals surface area contributed by atoms with Gasteiger partial charge in [0.05, 0.1) is 151 Å². The largest absolute Gasteiger partial charge is 0.465 e. The van der Waals surface area contributed by atoms with Crippen molar-refractivity contribution in [3.8, 4) is 0 Å². The normalized spacial score (nSPS) is 36.4. The molecule has 8 saturated carbocycles. The van der Waals surface area contributed by atoms with Crippen molar-refractivity contribution in [1.82, 2.24) is 0 Å². The number of ether oxygens (including phenoxy) is 18. The van der Waals surface area contributed by atoms with Crippen molar-refractivity contribution in [2.24, 2.45) is 111 Å². The fraction of sp³-hybridized carbons (Fsp3) is 0.886. The van der Waals surface area contributed by atoms with Gasteiger partial charge in [-0.3, -0.25) is 57.5 Å². The average Bonchev–Trinajstić information content (AvgIpc) is 1.56. The zero-order valence-electron chi connectivity index (χ0n) is 92.0. The Bertz CT molecular complexity index is 4040. The first kappa shape index (κ1) is 123. The molecule has 14 saturated heterocycles. The first-order chi connectivity index (χ1) is 71.2. The molecule has 3 spiro atoms. The van der Waals surface area contributed by atoms with Crippen LogP contribution in [0.25, 0.3) is 0 Å². The number of esters is 12. The van der Waals surface area contributed by atoms with E-state index >= 15 is 0 Å². The van der Waals surface area contributed by atoms with Crippen LogP contribution in [0.5, 0.6) is 0 Å². The summed E-state index contributed by atoms with van der Waals surface area (Å²) in [7, 11) is 15.0. The van der Waals surface area contributed by atoms with Gasteiger partial charge in [-0.2, -0.15) is 0 Å². The van der Waals surface area contributed by atoms with Crippen LogP contribution in [0.1, 0.15) is 244 Å². The summed E-state index contributed by atoms with van der Waals surface area (Å²) < 4.78 is 95.6. The Balaban J connectivity index is 0.000000154. The summed E-state index contributed by atoms with van der Waals surface area (Å²) in [6.07, 6.45) is 41.8. The lowest BCUT2D eigenvalue weighted by Crippen LogP contribution is -2.38. The molecule has 14 aliphatic heterocycles. The molecule has 30 nitrogen and oxygen atoms in total. The van der Waals surface area contributed by atoms with E-state index in [9.17, 15) is 57.5 Å². The van der Waals surface area contributed by atoms with Gasteiger partial charge in [0, 0.05) is 203 Å². The van der Waals surface area contributed by atoms with E-state index in [0.717, 1.165) is 135 Å². The molecule has 0 N–H and O–H groups in total. The summed E-state index contributed by atoms with van der Waals surface area (Å²) in [6.45, 7) is 10.5. The molecule has 0 radical (unpaired) electrons. The van der Waals surface area contributed by atoms with Gasteiger partial charge in [0.1, 0.15) is 24.4 Å². The van der Waals surface area contributed by atoms with E-state index in [0.29, 0.717) is 194 Å². The van der Waals surface area contributed by atoms with Gasteiger partial charge in [-0.25, -0.2) is 0 Å². The molecule has 8 aliphatic carbocycles. The van der Waals surface area contributed by atoms with Gasteiger partial charge in [-0.05, 0) is 227 Å². The second-order valence-electron chi connectivity index (χ2n) is 46.3. The molecule has 22 fully saturated rings. The molecule has 0 amide bonds. The molecule has 29 atom stereocenters. The van der Waals surface area contributed by atoms with E-state index in [1.54, 1.807) is 0 Å². The van der Waals surface area contributed by atoms with Crippen molar-refractivity contribution >= 4 is 195 Å². The van der Waals surface area contributed by atoms with E-state index in [2.05, 4.69) is 0 Å². The van der Waals surface area contributed by atoms with Gasteiger partial charge in [-0.1, -0.05) is 91.8 Å². The van der Waals surface area contributed by atoms with Crippen molar-refractivity contribution in [3.05, 3.63) is 0 Å². The quantitative estimate of drug-likeness (QED) is 0.0371. The Kier molecular flexibility index (Phi) is 53.6. The Labute approximate surface area is 912 Å². The van der Waals surface area contributed by atoms with Gasteiger partial charge in [-0.15, -0.1) is 0 Å². The van der Waals surface area contributed by atoms with Crippen molar-refractivity contribution in [1.29, 1.82) is 0 Å². The lowest BCUT2D eigenvalue weighted by atomic mass is 9.71. The summed E-state index contributed by atoms with van der Waals surface area (Å²) in [5.41, 5.74) is 0.271. The minimum absolute atomic E-state index is 0.00145. The Hall–Kier alpha value is -4.00. The summed E-state index contributed by atoms with van der Waals surface area (Å²) in [5.74, 6) is 8.10. The Morgan fingerprint density at radius 3 is 1.30 bits per heavy atom. The lowest BCUT2D eigenvalue weighted by molar-refractivity contribution is -0.150. The monoisotopic (exact) mass is 2270 g/mol. The summed E-state index contributed by atoms with van der Waals surface area (Å²) >= 11 is 0. The summed E-state index contributed by atoms with van der Waals surface area (Å²) in [6, 6.07) is 15.5. The number of fused-ring (bicyclic) bond motifs is 15. The first-order valence-electron chi connectivity index (χ1n) is 58.9. The molecular formula is C105H190O30Si12. The fourth-order valence-corrected chi connectivity index (χ4v) is 32.3. The Morgan fingerprint density at radius 2 is 0.837 bits per heavy atom. The molecule has 0 aromatic rings. The van der Waals surface area contributed by atoms with E-state index in [1.165, 1.54) is 298 Å². The highest BCUT2D eigenvalue weighted by Gasteiger charge is 2.66. The second kappa shape index (κ2) is 64.0. The number of cyclic esters (lactones) is 11. The van der Waals surface area contributed by atoms with E-state index in [-0.39, 0.29) is 148 Å². The van der Waals surface area contributed by atoms with E-state index in [1.807, 2.05) is 0 Å². The van der Waals surface area contributed by atoms with Gasteiger partial charge >= 0.3 is 71.6 Å². The molecule has 22 rings (SSSR count). The van der Waals surface area contributed by atoms with E-state index < -0.39 is 0 Å². The van der Waals surface area contributed by atoms with Crippen LogP contribution in [0.15, 0.2) is 0 Å². The number of carbonyl (C=O) groups is 12. The van der Waals surface area contributed by atoms with Crippen LogP contribution in [0.3, 0.4) is 0 Å². The van der Waals surface area contributed by atoms with Crippen LogP contribution in [0.2, 0.25) is 72.5 Å². The van der Waals surface area contributed by atoms with Gasteiger partial charge in [0.25, 0.3) is 0 Å². The van der Waals surface area contributed by atoms with Gasteiger partial charge in [0.2, 0.25) is 0 Å². The van der Waals surface area contributed by atoms with Gasteiger partial charge < -0.3 is 85.3 Å². The van der Waals surface area contributed by atoms with Gasteiger partial charge in [0.15, 0.2) is 6.10 Å². The van der Waals surface area contributed by atoms with E-state index in [4.69, 9.17) is 85.3 Å². The number of hydrogen-bond acceptors (Lipinski definition) is 30.